The Morgan fingerprint density at radius 1 is 1.27 bits per heavy atom. The largest absolute Gasteiger partial charge is 0.478 e. The molecule has 1 aromatic heterocycles. The Morgan fingerprint density at radius 3 is 2.58 bits per heavy atom. The molecule has 178 valence electrons. The number of carboxylic acids is 1. The van der Waals surface area contributed by atoms with Crippen LogP contribution >= 0.6 is 0 Å². The van der Waals surface area contributed by atoms with Gasteiger partial charge >= 0.3 is 5.97 Å². The fraction of sp³-hybridized carbons (Fsp3) is 0.478. The zero-order valence-corrected chi connectivity index (χ0v) is 18.9. The minimum absolute atomic E-state index is 0.0632. The molecule has 1 heterocycles. The van der Waals surface area contributed by atoms with Crippen molar-refractivity contribution in [2.24, 2.45) is 0 Å². The third kappa shape index (κ3) is 6.45. The third-order valence-electron chi connectivity index (χ3n) is 5.58. The van der Waals surface area contributed by atoms with Gasteiger partial charge in [-0.05, 0) is 49.6 Å². The van der Waals surface area contributed by atoms with E-state index in [4.69, 9.17) is 9.26 Å². The van der Waals surface area contributed by atoms with Gasteiger partial charge in [0.25, 0.3) is 5.89 Å². The molecule has 1 aliphatic carbocycles. The molecule has 3 atom stereocenters. The fourth-order valence-electron chi connectivity index (χ4n) is 3.82. The molecule has 0 radical (unpaired) electrons. The van der Waals surface area contributed by atoms with E-state index in [1.807, 2.05) is 13.8 Å². The summed E-state index contributed by atoms with van der Waals surface area (Å²) < 4.78 is 24.6. The second-order valence-electron chi connectivity index (χ2n) is 7.98. The van der Waals surface area contributed by atoms with Crippen LogP contribution in [0.4, 0.5) is 4.39 Å². The number of ether oxygens (including phenoxy) is 1. The lowest BCUT2D eigenvalue weighted by Crippen LogP contribution is -2.58. The van der Waals surface area contributed by atoms with E-state index in [1.165, 1.54) is 31.2 Å². The maximum Gasteiger partial charge on any atom is 0.331 e. The number of rotatable bonds is 10. The Kier molecular flexibility index (Phi) is 8.29. The van der Waals surface area contributed by atoms with Crippen LogP contribution in [0.3, 0.4) is 0 Å². The quantitative estimate of drug-likeness (QED) is 0.494. The van der Waals surface area contributed by atoms with Gasteiger partial charge in [0, 0.05) is 24.1 Å². The van der Waals surface area contributed by atoms with Gasteiger partial charge in [0.1, 0.15) is 5.82 Å². The van der Waals surface area contributed by atoms with Crippen molar-refractivity contribution in [1.82, 2.24) is 20.8 Å². The van der Waals surface area contributed by atoms with Gasteiger partial charge in [0.15, 0.2) is 5.82 Å². The van der Waals surface area contributed by atoms with E-state index >= 15 is 0 Å². The highest BCUT2D eigenvalue weighted by Crippen LogP contribution is 2.25. The number of benzene rings is 1. The summed E-state index contributed by atoms with van der Waals surface area (Å²) in [5, 5.41) is 19.7. The number of hydrogen-bond acceptors (Lipinski definition) is 7. The van der Waals surface area contributed by atoms with E-state index in [9.17, 15) is 19.1 Å². The molecule has 0 saturated carbocycles. The first-order chi connectivity index (χ1) is 15.8. The summed E-state index contributed by atoms with van der Waals surface area (Å²) in [4.78, 5) is 28.0. The van der Waals surface area contributed by atoms with Crippen molar-refractivity contribution >= 4 is 11.9 Å². The summed E-state index contributed by atoms with van der Waals surface area (Å²) in [6.07, 6.45) is 2.64. The van der Waals surface area contributed by atoms with Crippen molar-refractivity contribution in [3.63, 3.8) is 0 Å². The number of amides is 1. The molecule has 0 fully saturated rings. The van der Waals surface area contributed by atoms with E-state index in [-0.39, 0.29) is 42.3 Å². The number of nitrogens with zero attached hydrogens (tertiary/aromatic N) is 2. The Morgan fingerprint density at radius 2 is 1.97 bits per heavy atom. The molecular weight excluding hydrogens is 431 g/mol. The van der Waals surface area contributed by atoms with Gasteiger partial charge in [0.2, 0.25) is 5.91 Å². The molecule has 3 N–H and O–H groups in total. The van der Waals surface area contributed by atoms with Crippen molar-refractivity contribution < 1.29 is 28.3 Å². The number of carbonyl (C=O) groups excluding carboxylic acids is 1. The summed E-state index contributed by atoms with van der Waals surface area (Å²) in [6.45, 7) is 5.58. The van der Waals surface area contributed by atoms with Gasteiger partial charge in [-0.2, -0.15) is 4.98 Å². The van der Waals surface area contributed by atoms with Gasteiger partial charge in [-0.3, -0.25) is 4.79 Å². The summed E-state index contributed by atoms with van der Waals surface area (Å²) in [6, 6.07) is 4.77. The highest BCUT2D eigenvalue weighted by atomic mass is 19.1. The molecule has 1 amide bonds. The molecule has 0 aliphatic heterocycles. The maximum atomic E-state index is 13.1. The number of carboxylic acid groups (broad SMARTS) is 1. The monoisotopic (exact) mass is 460 g/mol. The van der Waals surface area contributed by atoms with E-state index in [1.54, 1.807) is 6.08 Å². The highest BCUT2D eigenvalue weighted by Gasteiger charge is 2.37. The van der Waals surface area contributed by atoms with Gasteiger partial charge in [-0.15, -0.1) is 0 Å². The molecule has 0 saturated heterocycles. The lowest BCUT2D eigenvalue weighted by Gasteiger charge is -2.38. The van der Waals surface area contributed by atoms with E-state index in [0.29, 0.717) is 11.4 Å². The lowest BCUT2D eigenvalue weighted by atomic mass is 9.87. The molecule has 0 unspecified atom stereocenters. The Hall–Kier alpha value is -3.11. The second-order valence-corrected chi connectivity index (χ2v) is 7.98. The molecule has 1 aliphatic rings. The predicted octanol–water partition coefficient (Wildman–Crippen LogP) is 2.83. The Bertz CT molecular complexity index is 987. The summed E-state index contributed by atoms with van der Waals surface area (Å²) in [5.41, 5.74) is 0.795. The van der Waals surface area contributed by atoms with E-state index in [2.05, 4.69) is 20.8 Å². The molecule has 0 bridgehead atoms. The number of nitrogens with one attached hydrogen (secondary N) is 2. The predicted molar refractivity (Wildman–Crippen MR) is 118 cm³/mol. The molecule has 1 aromatic carbocycles. The first-order valence-electron chi connectivity index (χ1n) is 11.0. The van der Waals surface area contributed by atoms with Crippen molar-refractivity contribution in [1.29, 1.82) is 0 Å². The SMILES string of the molecule is CCC(CC)O[C@@H]1C=C(C(=O)O)C[C@H](NCc2noc(-c3ccc(F)cc3)n2)[C@H]1NC(C)=O. The first kappa shape index (κ1) is 24.5. The number of halogens is 1. The van der Waals surface area contributed by atoms with Crippen LogP contribution in [0.5, 0.6) is 0 Å². The summed E-state index contributed by atoms with van der Waals surface area (Å²) >= 11 is 0. The highest BCUT2D eigenvalue weighted by molar-refractivity contribution is 5.87. The second kappa shape index (κ2) is 11.2. The van der Waals surface area contributed by atoms with Crippen LogP contribution in [0, 0.1) is 5.82 Å². The van der Waals surface area contributed by atoms with Gasteiger partial charge in [-0.25, -0.2) is 9.18 Å². The topological polar surface area (TPSA) is 127 Å². The number of aliphatic carboxylic acids is 1. The van der Waals surface area contributed by atoms with Gasteiger partial charge in [0.05, 0.1) is 24.8 Å². The molecule has 3 rings (SSSR count). The van der Waals surface area contributed by atoms with Crippen LogP contribution < -0.4 is 10.6 Å². The van der Waals surface area contributed by atoms with Crippen LogP contribution in [-0.4, -0.2) is 51.4 Å². The van der Waals surface area contributed by atoms with Crippen LogP contribution in [0.15, 0.2) is 40.4 Å². The molecule has 10 heteroatoms. The van der Waals surface area contributed by atoms with Crippen molar-refractivity contribution in [3.8, 4) is 11.5 Å². The Labute approximate surface area is 191 Å². The Balaban J connectivity index is 1.77. The van der Waals surface area contributed by atoms with Crippen molar-refractivity contribution in [3.05, 3.63) is 47.6 Å². The summed E-state index contributed by atoms with van der Waals surface area (Å²) in [5.74, 6) is -1.04. The standard InChI is InChI=1S/C23H29FN4O5/c1-4-17(5-2)32-19-11-15(23(30)31)10-18(21(19)26-13(3)29)25-12-20-27-22(33-28-20)14-6-8-16(24)9-7-14/h6-9,11,17-19,21,25H,4-5,10,12H2,1-3H3,(H,26,29)(H,30,31)/t18-,19+,21+/m0/s1. The number of hydrogen-bond donors (Lipinski definition) is 3. The average Bonchev–Trinajstić information content (AvgIpc) is 3.26. The zero-order valence-electron chi connectivity index (χ0n) is 18.9. The zero-order chi connectivity index (χ0) is 24.0. The fourth-order valence-corrected chi connectivity index (χ4v) is 3.82. The molecule has 33 heavy (non-hydrogen) atoms. The minimum atomic E-state index is -1.03. The number of carbonyl (C=O) groups is 2. The molecular formula is C23H29FN4O5. The number of aromatic nitrogens is 2. The van der Waals surface area contributed by atoms with Crippen LogP contribution in [0.2, 0.25) is 0 Å². The van der Waals surface area contributed by atoms with E-state index in [0.717, 1.165) is 12.8 Å². The van der Waals surface area contributed by atoms with Crippen LogP contribution in [0.25, 0.3) is 11.5 Å². The van der Waals surface area contributed by atoms with Crippen molar-refractivity contribution in [2.75, 3.05) is 0 Å². The van der Waals surface area contributed by atoms with E-state index < -0.39 is 24.2 Å². The normalized spacial score (nSPS) is 20.5. The average molecular weight is 461 g/mol. The first-order valence-corrected chi connectivity index (χ1v) is 11.0. The smallest absolute Gasteiger partial charge is 0.331 e. The molecule has 2 aromatic rings. The van der Waals surface area contributed by atoms with Gasteiger partial charge < -0.3 is 25.0 Å². The summed E-state index contributed by atoms with van der Waals surface area (Å²) in [7, 11) is 0. The third-order valence-corrected chi connectivity index (χ3v) is 5.58. The van der Waals surface area contributed by atoms with Crippen molar-refractivity contribution in [2.45, 2.75) is 70.9 Å². The maximum absolute atomic E-state index is 13.1. The van der Waals surface area contributed by atoms with Crippen LogP contribution in [-0.2, 0) is 20.9 Å². The lowest BCUT2D eigenvalue weighted by molar-refractivity contribution is -0.133. The molecule has 0 spiro atoms. The molecule has 9 nitrogen and oxygen atoms in total. The van der Waals surface area contributed by atoms with Gasteiger partial charge in [-0.1, -0.05) is 19.0 Å². The minimum Gasteiger partial charge on any atom is -0.478 e. The van der Waals surface area contributed by atoms with Crippen LogP contribution in [0.1, 0.15) is 45.9 Å².